The van der Waals surface area contributed by atoms with Crippen LogP contribution in [0, 0.1) is 6.92 Å². The van der Waals surface area contributed by atoms with E-state index in [-0.39, 0.29) is 0 Å². The summed E-state index contributed by atoms with van der Waals surface area (Å²) >= 11 is 7.90. The van der Waals surface area contributed by atoms with Gasteiger partial charge in [-0.05, 0) is 19.1 Å². The molecule has 1 unspecified atom stereocenters. The van der Waals surface area contributed by atoms with Gasteiger partial charge >= 0.3 is 0 Å². The molecule has 2 heterocycles. The van der Waals surface area contributed by atoms with Gasteiger partial charge in [0.15, 0.2) is 0 Å². The fourth-order valence-corrected chi connectivity index (χ4v) is 2.85. The van der Waals surface area contributed by atoms with Crippen molar-refractivity contribution in [2.24, 2.45) is 0 Å². The number of nitrogens with zero attached hydrogens (tertiary/aromatic N) is 2. The largest absolute Gasteiger partial charge is 0.383 e. The lowest BCUT2D eigenvalue weighted by atomic mass is 10.3. The van der Waals surface area contributed by atoms with Crippen molar-refractivity contribution >= 4 is 29.2 Å². The lowest BCUT2D eigenvalue weighted by Crippen LogP contribution is -2.12. The summed E-state index contributed by atoms with van der Waals surface area (Å²) in [5, 5.41) is 4.95. The summed E-state index contributed by atoms with van der Waals surface area (Å²) in [7, 11) is 0. The molecule has 0 aliphatic carbocycles. The van der Waals surface area contributed by atoms with Crippen LogP contribution in [0.15, 0.2) is 0 Å². The Hall–Kier alpha value is -0.350. The standard InChI is InChI=1S/C8H12ClN3S/c1-5-7(9)8(10)12(11-5)6-2-3-13-4-6/h6H,2-4,10H2,1H3. The molecule has 1 aromatic heterocycles. The highest BCUT2D eigenvalue weighted by atomic mass is 35.5. The third-order valence-electron chi connectivity index (χ3n) is 2.30. The van der Waals surface area contributed by atoms with E-state index in [0.29, 0.717) is 16.9 Å². The Morgan fingerprint density at radius 3 is 2.92 bits per heavy atom. The van der Waals surface area contributed by atoms with Gasteiger partial charge in [0, 0.05) is 5.75 Å². The van der Waals surface area contributed by atoms with Gasteiger partial charge in [-0.25, -0.2) is 4.68 Å². The summed E-state index contributed by atoms with van der Waals surface area (Å²) < 4.78 is 1.87. The fraction of sp³-hybridized carbons (Fsp3) is 0.625. The molecule has 1 saturated heterocycles. The molecule has 1 aliphatic heterocycles. The van der Waals surface area contributed by atoms with Crippen LogP contribution in [0.2, 0.25) is 5.02 Å². The monoisotopic (exact) mass is 217 g/mol. The van der Waals surface area contributed by atoms with E-state index in [9.17, 15) is 0 Å². The molecule has 0 aromatic carbocycles. The molecule has 0 bridgehead atoms. The second kappa shape index (κ2) is 3.42. The SMILES string of the molecule is Cc1nn(C2CCSC2)c(N)c1Cl. The molecule has 1 atom stereocenters. The molecule has 5 heteroatoms. The zero-order chi connectivity index (χ0) is 9.42. The molecule has 0 amide bonds. The Morgan fingerprint density at radius 1 is 1.69 bits per heavy atom. The van der Waals surface area contributed by atoms with Crippen molar-refractivity contribution < 1.29 is 0 Å². The average Bonchev–Trinajstić information content (AvgIpc) is 2.70. The lowest BCUT2D eigenvalue weighted by Gasteiger charge is -2.10. The van der Waals surface area contributed by atoms with Gasteiger partial charge in [-0.1, -0.05) is 11.6 Å². The van der Waals surface area contributed by atoms with Crippen LogP contribution in [-0.4, -0.2) is 21.3 Å². The van der Waals surface area contributed by atoms with E-state index in [1.54, 1.807) is 0 Å². The van der Waals surface area contributed by atoms with Crippen LogP contribution >= 0.6 is 23.4 Å². The average molecular weight is 218 g/mol. The molecule has 0 radical (unpaired) electrons. The van der Waals surface area contributed by atoms with Crippen molar-refractivity contribution in [3.63, 3.8) is 0 Å². The van der Waals surface area contributed by atoms with Crippen molar-refractivity contribution in [2.75, 3.05) is 17.2 Å². The number of aromatic nitrogens is 2. The second-order valence-electron chi connectivity index (χ2n) is 3.25. The Kier molecular flexibility index (Phi) is 2.43. The maximum Gasteiger partial charge on any atom is 0.141 e. The number of hydrogen-bond acceptors (Lipinski definition) is 3. The van der Waals surface area contributed by atoms with Gasteiger partial charge in [0.25, 0.3) is 0 Å². The summed E-state index contributed by atoms with van der Waals surface area (Å²) in [5.41, 5.74) is 6.67. The van der Waals surface area contributed by atoms with Crippen LogP contribution in [0.3, 0.4) is 0 Å². The molecule has 1 aliphatic rings. The van der Waals surface area contributed by atoms with Crippen LogP contribution in [-0.2, 0) is 0 Å². The number of nitrogen functional groups attached to an aromatic ring is 1. The number of thioether (sulfide) groups is 1. The minimum Gasteiger partial charge on any atom is -0.383 e. The first kappa shape index (κ1) is 9.21. The van der Waals surface area contributed by atoms with Crippen molar-refractivity contribution in [3.05, 3.63) is 10.7 Å². The Labute approximate surface area is 86.6 Å². The minimum atomic E-state index is 0.441. The predicted octanol–water partition coefficient (Wildman–Crippen LogP) is 2.11. The highest BCUT2D eigenvalue weighted by molar-refractivity contribution is 7.99. The van der Waals surface area contributed by atoms with Crippen LogP contribution in [0.25, 0.3) is 0 Å². The highest BCUT2D eigenvalue weighted by Crippen LogP contribution is 2.32. The Balaban J connectivity index is 2.34. The predicted molar refractivity (Wildman–Crippen MR) is 57.4 cm³/mol. The zero-order valence-electron chi connectivity index (χ0n) is 7.46. The number of halogens is 1. The maximum atomic E-state index is 5.96. The number of rotatable bonds is 1. The number of nitrogens with two attached hydrogens (primary N) is 1. The molecule has 13 heavy (non-hydrogen) atoms. The summed E-state index contributed by atoms with van der Waals surface area (Å²) in [6.07, 6.45) is 1.15. The molecular formula is C8H12ClN3S. The molecule has 1 fully saturated rings. The zero-order valence-corrected chi connectivity index (χ0v) is 9.03. The van der Waals surface area contributed by atoms with E-state index in [2.05, 4.69) is 5.10 Å². The van der Waals surface area contributed by atoms with Crippen molar-refractivity contribution in [1.82, 2.24) is 9.78 Å². The van der Waals surface area contributed by atoms with Crippen LogP contribution in [0.5, 0.6) is 0 Å². The van der Waals surface area contributed by atoms with E-state index in [1.165, 1.54) is 5.75 Å². The minimum absolute atomic E-state index is 0.441. The first-order chi connectivity index (χ1) is 6.20. The maximum absolute atomic E-state index is 5.96. The van der Waals surface area contributed by atoms with Gasteiger partial charge in [0.05, 0.1) is 11.7 Å². The smallest absolute Gasteiger partial charge is 0.141 e. The summed E-state index contributed by atoms with van der Waals surface area (Å²) in [4.78, 5) is 0. The third-order valence-corrected chi connectivity index (χ3v) is 3.91. The van der Waals surface area contributed by atoms with E-state index >= 15 is 0 Å². The lowest BCUT2D eigenvalue weighted by molar-refractivity contribution is 0.506. The molecule has 1 aromatic rings. The van der Waals surface area contributed by atoms with Gasteiger partial charge in [-0.15, -0.1) is 0 Å². The first-order valence-corrected chi connectivity index (χ1v) is 5.81. The fourth-order valence-electron chi connectivity index (χ4n) is 1.54. The third kappa shape index (κ3) is 1.53. The Morgan fingerprint density at radius 2 is 2.46 bits per heavy atom. The molecule has 2 N–H and O–H groups in total. The van der Waals surface area contributed by atoms with E-state index < -0.39 is 0 Å². The van der Waals surface area contributed by atoms with E-state index in [4.69, 9.17) is 17.3 Å². The van der Waals surface area contributed by atoms with Crippen LogP contribution < -0.4 is 5.73 Å². The van der Waals surface area contributed by atoms with Crippen LogP contribution in [0.1, 0.15) is 18.2 Å². The summed E-state index contributed by atoms with van der Waals surface area (Å²) in [6.45, 7) is 1.89. The van der Waals surface area contributed by atoms with Gasteiger partial charge in [0.1, 0.15) is 10.8 Å². The van der Waals surface area contributed by atoms with E-state index in [1.807, 2.05) is 23.4 Å². The second-order valence-corrected chi connectivity index (χ2v) is 4.77. The first-order valence-electron chi connectivity index (χ1n) is 4.28. The molecule has 0 saturated carbocycles. The van der Waals surface area contributed by atoms with Crippen molar-refractivity contribution in [3.8, 4) is 0 Å². The molecular weight excluding hydrogens is 206 g/mol. The molecule has 0 spiro atoms. The molecule has 2 rings (SSSR count). The van der Waals surface area contributed by atoms with E-state index in [0.717, 1.165) is 17.9 Å². The quantitative estimate of drug-likeness (QED) is 0.784. The van der Waals surface area contributed by atoms with Crippen molar-refractivity contribution in [2.45, 2.75) is 19.4 Å². The number of anilines is 1. The number of hydrogen-bond donors (Lipinski definition) is 1. The van der Waals surface area contributed by atoms with Crippen LogP contribution in [0.4, 0.5) is 5.82 Å². The number of aryl methyl sites for hydroxylation is 1. The van der Waals surface area contributed by atoms with Gasteiger partial charge in [-0.2, -0.15) is 16.9 Å². The van der Waals surface area contributed by atoms with Crippen molar-refractivity contribution in [1.29, 1.82) is 0 Å². The summed E-state index contributed by atoms with van der Waals surface area (Å²) in [6, 6.07) is 0.441. The topological polar surface area (TPSA) is 43.8 Å². The highest BCUT2D eigenvalue weighted by Gasteiger charge is 2.22. The summed E-state index contributed by atoms with van der Waals surface area (Å²) in [5.74, 6) is 2.91. The normalized spacial score (nSPS) is 22.5. The molecule has 3 nitrogen and oxygen atoms in total. The van der Waals surface area contributed by atoms with Gasteiger partial charge < -0.3 is 5.73 Å². The Bertz CT molecular complexity index is 317. The molecule has 72 valence electrons. The van der Waals surface area contributed by atoms with Gasteiger partial charge in [-0.3, -0.25) is 0 Å². The van der Waals surface area contributed by atoms with Gasteiger partial charge in [0.2, 0.25) is 0 Å².